The Kier molecular flexibility index (Phi) is 4.18. The van der Waals surface area contributed by atoms with Crippen molar-refractivity contribution in [3.05, 3.63) is 0 Å². The van der Waals surface area contributed by atoms with Gasteiger partial charge in [-0.2, -0.15) is 0 Å². The average Bonchev–Trinajstić information content (AvgIpc) is 2.50. The molecule has 0 radical (unpaired) electrons. The zero-order valence-electron chi connectivity index (χ0n) is 12.0. The normalized spacial score (nSPS) is 42.7. The first-order chi connectivity index (χ1) is 8.06. The Morgan fingerprint density at radius 3 is 2.76 bits per heavy atom. The molecule has 0 aromatic carbocycles. The molecular weight excluding hydrogens is 206 g/mol. The Hall–Kier alpha value is -0.0400. The molecule has 1 nitrogen and oxygen atoms in total. The molecule has 100 valence electrons. The molecule has 2 N–H and O–H groups in total. The van der Waals surface area contributed by atoms with E-state index >= 15 is 0 Å². The first kappa shape index (κ1) is 13.4. The smallest absolute Gasteiger partial charge is 0.00157 e. The van der Waals surface area contributed by atoms with Crippen LogP contribution in [-0.2, 0) is 0 Å². The van der Waals surface area contributed by atoms with E-state index < -0.39 is 0 Å². The Morgan fingerprint density at radius 2 is 2.12 bits per heavy atom. The maximum Gasteiger partial charge on any atom is 0.00157 e. The fraction of sp³-hybridized carbons (Fsp3) is 1.00. The van der Waals surface area contributed by atoms with E-state index in [1.54, 1.807) is 0 Å². The topological polar surface area (TPSA) is 26.0 Å². The lowest BCUT2D eigenvalue weighted by atomic mass is 9.67. The van der Waals surface area contributed by atoms with E-state index in [2.05, 4.69) is 20.8 Å². The molecule has 1 heteroatoms. The van der Waals surface area contributed by atoms with Crippen LogP contribution in [-0.4, -0.2) is 6.04 Å². The van der Waals surface area contributed by atoms with E-state index in [-0.39, 0.29) is 0 Å². The summed E-state index contributed by atoms with van der Waals surface area (Å²) in [5, 5.41) is 0. The Bertz CT molecular complexity index is 248. The molecule has 2 saturated carbocycles. The van der Waals surface area contributed by atoms with Crippen LogP contribution in [0.4, 0.5) is 0 Å². The molecule has 2 fully saturated rings. The minimum absolute atomic E-state index is 0.396. The zero-order valence-corrected chi connectivity index (χ0v) is 12.0. The van der Waals surface area contributed by atoms with Crippen molar-refractivity contribution in [2.75, 3.05) is 0 Å². The van der Waals surface area contributed by atoms with Crippen LogP contribution in [0.2, 0.25) is 0 Å². The van der Waals surface area contributed by atoms with Crippen LogP contribution in [0.1, 0.15) is 72.1 Å². The molecule has 2 aliphatic rings. The van der Waals surface area contributed by atoms with Gasteiger partial charge in [0.15, 0.2) is 0 Å². The predicted molar refractivity (Wildman–Crippen MR) is 74.8 cm³/mol. The van der Waals surface area contributed by atoms with Crippen LogP contribution in [0.15, 0.2) is 0 Å². The predicted octanol–water partition coefficient (Wildman–Crippen LogP) is 4.36. The molecule has 0 aromatic heterocycles. The SMILES string of the molecule is CCCCC1CCC2(CC(C)N)CC(C)C1C2. The van der Waals surface area contributed by atoms with Gasteiger partial charge >= 0.3 is 0 Å². The summed E-state index contributed by atoms with van der Waals surface area (Å²) in [5.41, 5.74) is 6.70. The van der Waals surface area contributed by atoms with Crippen LogP contribution < -0.4 is 5.73 Å². The molecule has 17 heavy (non-hydrogen) atoms. The van der Waals surface area contributed by atoms with Crippen molar-refractivity contribution in [1.29, 1.82) is 0 Å². The average molecular weight is 237 g/mol. The first-order valence-electron chi connectivity index (χ1n) is 7.82. The van der Waals surface area contributed by atoms with Gasteiger partial charge in [-0.1, -0.05) is 33.1 Å². The second-order valence-corrected chi connectivity index (χ2v) is 7.17. The summed E-state index contributed by atoms with van der Waals surface area (Å²) in [6.07, 6.45) is 11.5. The number of hydrogen-bond donors (Lipinski definition) is 1. The van der Waals surface area contributed by atoms with E-state index in [1.165, 1.54) is 51.4 Å². The first-order valence-corrected chi connectivity index (χ1v) is 7.82. The fourth-order valence-corrected chi connectivity index (χ4v) is 4.94. The molecule has 0 spiro atoms. The van der Waals surface area contributed by atoms with Crippen LogP contribution in [0.5, 0.6) is 0 Å². The van der Waals surface area contributed by atoms with Crippen molar-refractivity contribution >= 4 is 0 Å². The third-order valence-corrected chi connectivity index (χ3v) is 5.49. The van der Waals surface area contributed by atoms with E-state index in [0.717, 1.165) is 17.8 Å². The summed E-state index contributed by atoms with van der Waals surface area (Å²) in [5.74, 6) is 3.01. The van der Waals surface area contributed by atoms with Crippen molar-refractivity contribution in [1.82, 2.24) is 0 Å². The molecule has 2 rings (SSSR count). The third kappa shape index (κ3) is 2.86. The van der Waals surface area contributed by atoms with Gasteiger partial charge in [-0.25, -0.2) is 0 Å². The number of hydrogen-bond acceptors (Lipinski definition) is 1. The number of nitrogens with two attached hydrogens (primary N) is 1. The second-order valence-electron chi connectivity index (χ2n) is 7.17. The highest BCUT2D eigenvalue weighted by Gasteiger charge is 2.49. The van der Waals surface area contributed by atoms with Gasteiger partial charge in [0.2, 0.25) is 0 Å². The number of fused-ring (bicyclic) bond motifs is 2. The lowest BCUT2D eigenvalue weighted by Gasteiger charge is -2.38. The molecule has 0 aliphatic heterocycles. The quantitative estimate of drug-likeness (QED) is 0.755. The van der Waals surface area contributed by atoms with Gasteiger partial charge in [-0.05, 0) is 62.2 Å². The van der Waals surface area contributed by atoms with Gasteiger partial charge in [-0.3, -0.25) is 0 Å². The lowest BCUT2D eigenvalue weighted by molar-refractivity contribution is 0.130. The van der Waals surface area contributed by atoms with E-state index in [0.29, 0.717) is 11.5 Å². The molecule has 0 amide bonds. The van der Waals surface area contributed by atoms with Gasteiger partial charge in [0.25, 0.3) is 0 Å². The standard InChI is InChI=1S/C16H31N/c1-4-5-6-14-7-8-16(10-13(3)17)9-12(2)15(14)11-16/h12-15H,4-11,17H2,1-3H3. The highest BCUT2D eigenvalue weighted by Crippen LogP contribution is 2.59. The number of unbranched alkanes of at least 4 members (excludes halogenated alkanes) is 1. The summed E-state index contributed by atoms with van der Waals surface area (Å²) in [6.45, 7) is 7.01. The van der Waals surface area contributed by atoms with Crippen LogP contribution >= 0.6 is 0 Å². The molecule has 0 heterocycles. The van der Waals surface area contributed by atoms with Gasteiger partial charge in [0.1, 0.15) is 0 Å². The van der Waals surface area contributed by atoms with Gasteiger partial charge in [-0.15, -0.1) is 0 Å². The van der Waals surface area contributed by atoms with E-state index in [9.17, 15) is 0 Å². The van der Waals surface area contributed by atoms with Gasteiger partial charge in [0.05, 0.1) is 0 Å². The molecule has 5 unspecified atom stereocenters. The van der Waals surface area contributed by atoms with Crippen molar-refractivity contribution in [3.8, 4) is 0 Å². The molecule has 0 aromatic rings. The van der Waals surface area contributed by atoms with Gasteiger partial charge in [0, 0.05) is 6.04 Å². The van der Waals surface area contributed by atoms with Crippen LogP contribution in [0.3, 0.4) is 0 Å². The minimum Gasteiger partial charge on any atom is -0.328 e. The molecular formula is C16H31N. The van der Waals surface area contributed by atoms with Crippen molar-refractivity contribution < 1.29 is 0 Å². The summed E-state index contributed by atoms with van der Waals surface area (Å²) in [7, 11) is 0. The fourth-order valence-electron chi connectivity index (χ4n) is 4.94. The highest BCUT2D eigenvalue weighted by molar-refractivity contribution is 5.00. The molecule has 0 saturated heterocycles. The molecule has 2 bridgehead atoms. The van der Waals surface area contributed by atoms with Gasteiger partial charge < -0.3 is 5.73 Å². The summed E-state index contributed by atoms with van der Waals surface area (Å²) < 4.78 is 0. The van der Waals surface area contributed by atoms with Crippen LogP contribution in [0.25, 0.3) is 0 Å². The largest absolute Gasteiger partial charge is 0.328 e. The van der Waals surface area contributed by atoms with Crippen molar-refractivity contribution in [2.24, 2.45) is 28.9 Å². The Labute approximate surface area is 108 Å². The third-order valence-electron chi connectivity index (χ3n) is 5.49. The zero-order chi connectivity index (χ0) is 12.5. The monoisotopic (exact) mass is 237 g/mol. The van der Waals surface area contributed by atoms with Crippen molar-refractivity contribution in [3.63, 3.8) is 0 Å². The maximum absolute atomic E-state index is 6.06. The minimum atomic E-state index is 0.396. The second kappa shape index (κ2) is 5.30. The Morgan fingerprint density at radius 1 is 1.35 bits per heavy atom. The molecule has 5 atom stereocenters. The maximum atomic E-state index is 6.06. The lowest BCUT2D eigenvalue weighted by Crippen LogP contribution is -2.32. The van der Waals surface area contributed by atoms with Crippen LogP contribution in [0, 0.1) is 23.2 Å². The summed E-state index contributed by atoms with van der Waals surface area (Å²) >= 11 is 0. The van der Waals surface area contributed by atoms with E-state index in [1.807, 2.05) is 0 Å². The Balaban J connectivity index is 1.98. The summed E-state index contributed by atoms with van der Waals surface area (Å²) in [4.78, 5) is 0. The van der Waals surface area contributed by atoms with E-state index in [4.69, 9.17) is 5.73 Å². The van der Waals surface area contributed by atoms with Crippen molar-refractivity contribution in [2.45, 2.75) is 78.2 Å². The summed E-state index contributed by atoms with van der Waals surface area (Å²) in [6, 6.07) is 0.396. The highest BCUT2D eigenvalue weighted by atomic mass is 14.6. The number of rotatable bonds is 5. The molecule has 2 aliphatic carbocycles.